The number of thioether (sulfide) groups is 1. The van der Waals surface area contributed by atoms with Crippen molar-refractivity contribution in [2.45, 2.75) is 30.9 Å². The Hall–Kier alpha value is -2.11. The number of aryl methyl sites for hydroxylation is 1. The standard InChI is InChI=1S/C24H28ClNO3S/c1-2-3-4-5-12-26-16-21(30-13-11-18-7-6-8-20(25)14-18)17-29-23-10-9-19(24(27)28)15-22(23)26/h2,6-10,14-15,21H,1,3-5,11-13,16-17H2,(H,27,28)/t21-/m1/s1. The van der Waals surface area contributed by atoms with E-state index in [4.69, 9.17) is 16.3 Å². The molecule has 4 nitrogen and oxygen atoms in total. The molecule has 1 atom stereocenters. The molecule has 1 aliphatic rings. The van der Waals surface area contributed by atoms with Crippen molar-refractivity contribution in [2.24, 2.45) is 0 Å². The molecule has 0 saturated carbocycles. The fourth-order valence-electron chi connectivity index (χ4n) is 3.54. The third kappa shape index (κ3) is 6.44. The van der Waals surface area contributed by atoms with Gasteiger partial charge in [-0.1, -0.05) is 29.8 Å². The predicted octanol–water partition coefficient (Wildman–Crippen LogP) is 5.94. The molecule has 0 aliphatic carbocycles. The molecule has 0 radical (unpaired) electrons. The maximum Gasteiger partial charge on any atom is 0.335 e. The number of hydrogen-bond acceptors (Lipinski definition) is 4. The summed E-state index contributed by atoms with van der Waals surface area (Å²) in [6, 6.07) is 13.1. The summed E-state index contributed by atoms with van der Waals surface area (Å²) < 4.78 is 6.08. The first kappa shape index (κ1) is 22.6. The molecular weight excluding hydrogens is 418 g/mol. The predicted molar refractivity (Wildman–Crippen MR) is 127 cm³/mol. The number of aromatic carboxylic acids is 1. The second-order valence-corrected chi connectivity index (χ2v) is 9.25. The molecule has 2 aromatic carbocycles. The lowest BCUT2D eigenvalue weighted by Gasteiger charge is -2.26. The first-order valence-corrected chi connectivity index (χ1v) is 11.7. The topological polar surface area (TPSA) is 49.8 Å². The van der Waals surface area contributed by atoms with Crippen molar-refractivity contribution in [3.8, 4) is 5.75 Å². The number of unbranched alkanes of at least 4 members (excludes halogenated alkanes) is 2. The zero-order chi connectivity index (χ0) is 21.3. The van der Waals surface area contributed by atoms with Crippen LogP contribution in [0.15, 0.2) is 55.1 Å². The van der Waals surface area contributed by atoms with Crippen molar-refractivity contribution >= 4 is 35.0 Å². The summed E-state index contributed by atoms with van der Waals surface area (Å²) in [5.74, 6) is 0.831. The largest absolute Gasteiger partial charge is 0.490 e. The van der Waals surface area contributed by atoms with Gasteiger partial charge in [-0.3, -0.25) is 0 Å². The highest BCUT2D eigenvalue weighted by Gasteiger charge is 2.24. The second-order valence-electron chi connectivity index (χ2n) is 7.40. The Morgan fingerprint density at radius 3 is 2.93 bits per heavy atom. The minimum Gasteiger partial charge on any atom is -0.490 e. The van der Waals surface area contributed by atoms with Gasteiger partial charge < -0.3 is 14.7 Å². The van der Waals surface area contributed by atoms with Crippen LogP contribution in [-0.2, 0) is 6.42 Å². The number of allylic oxidation sites excluding steroid dienone is 1. The van der Waals surface area contributed by atoms with E-state index in [1.165, 1.54) is 5.56 Å². The number of carboxylic acid groups (broad SMARTS) is 1. The van der Waals surface area contributed by atoms with E-state index in [9.17, 15) is 9.90 Å². The van der Waals surface area contributed by atoms with Gasteiger partial charge in [0.25, 0.3) is 0 Å². The summed E-state index contributed by atoms with van der Waals surface area (Å²) in [6.07, 6.45) is 5.99. The molecule has 0 aromatic heterocycles. The Morgan fingerprint density at radius 2 is 2.17 bits per heavy atom. The number of ether oxygens (including phenoxy) is 1. The number of carbonyl (C=O) groups is 1. The molecule has 3 rings (SSSR count). The Balaban J connectivity index is 1.67. The van der Waals surface area contributed by atoms with Crippen LogP contribution < -0.4 is 9.64 Å². The zero-order valence-electron chi connectivity index (χ0n) is 17.1. The Kier molecular flexibility index (Phi) is 8.52. The molecule has 0 saturated heterocycles. The molecule has 1 aliphatic heterocycles. The van der Waals surface area contributed by atoms with Crippen molar-refractivity contribution in [3.05, 3.63) is 71.3 Å². The normalized spacial score (nSPS) is 15.8. The number of carboxylic acids is 1. The van der Waals surface area contributed by atoms with Gasteiger partial charge in [-0.05, 0) is 67.3 Å². The summed E-state index contributed by atoms with van der Waals surface area (Å²) in [4.78, 5) is 13.7. The van der Waals surface area contributed by atoms with Crippen molar-refractivity contribution < 1.29 is 14.6 Å². The third-order valence-electron chi connectivity index (χ3n) is 5.11. The number of hydrogen-bond donors (Lipinski definition) is 1. The van der Waals surface area contributed by atoms with E-state index < -0.39 is 5.97 Å². The van der Waals surface area contributed by atoms with Gasteiger partial charge in [-0.25, -0.2) is 4.79 Å². The van der Waals surface area contributed by atoms with Crippen molar-refractivity contribution in [3.63, 3.8) is 0 Å². The maximum absolute atomic E-state index is 11.5. The number of benzene rings is 2. The van der Waals surface area contributed by atoms with E-state index in [1.807, 2.05) is 36.0 Å². The lowest BCUT2D eigenvalue weighted by molar-refractivity contribution is 0.0697. The second kappa shape index (κ2) is 11.3. The average molecular weight is 446 g/mol. The zero-order valence-corrected chi connectivity index (χ0v) is 18.6. The molecule has 1 N–H and O–H groups in total. The minimum absolute atomic E-state index is 0.292. The SMILES string of the molecule is C=CCCCCN1C[C@@H](SCCc2cccc(Cl)c2)COc2ccc(C(=O)O)cc21. The fraction of sp³-hybridized carbons (Fsp3) is 0.375. The van der Waals surface area contributed by atoms with Gasteiger partial charge in [0.15, 0.2) is 0 Å². The Labute approximate surface area is 187 Å². The van der Waals surface area contributed by atoms with E-state index in [0.717, 1.165) is 61.0 Å². The molecule has 30 heavy (non-hydrogen) atoms. The lowest BCUT2D eigenvalue weighted by atomic mass is 10.1. The molecule has 2 aromatic rings. The molecular formula is C24H28ClNO3S. The van der Waals surface area contributed by atoms with Crippen LogP contribution in [0, 0.1) is 0 Å². The van der Waals surface area contributed by atoms with Crippen molar-refractivity contribution in [1.29, 1.82) is 0 Å². The smallest absolute Gasteiger partial charge is 0.335 e. The quantitative estimate of drug-likeness (QED) is 0.362. The highest BCUT2D eigenvalue weighted by Crippen LogP contribution is 2.34. The van der Waals surface area contributed by atoms with Gasteiger partial charge in [0, 0.05) is 18.1 Å². The van der Waals surface area contributed by atoms with Crippen LogP contribution >= 0.6 is 23.4 Å². The van der Waals surface area contributed by atoms with Crippen LogP contribution in [0.2, 0.25) is 5.02 Å². The Bertz CT molecular complexity index is 873. The average Bonchev–Trinajstić information content (AvgIpc) is 2.90. The molecule has 0 amide bonds. The molecule has 0 spiro atoms. The molecule has 0 fully saturated rings. The van der Waals surface area contributed by atoms with E-state index >= 15 is 0 Å². The summed E-state index contributed by atoms with van der Waals surface area (Å²) in [7, 11) is 0. The molecule has 1 heterocycles. The third-order valence-corrected chi connectivity index (χ3v) is 6.55. The molecule has 6 heteroatoms. The van der Waals surface area contributed by atoms with E-state index in [-0.39, 0.29) is 0 Å². The van der Waals surface area contributed by atoms with Gasteiger partial charge in [0.2, 0.25) is 0 Å². The van der Waals surface area contributed by atoms with Crippen LogP contribution in [0.4, 0.5) is 5.69 Å². The maximum atomic E-state index is 11.5. The summed E-state index contributed by atoms with van der Waals surface area (Å²) in [6.45, 7) is 6.12. The minimum atomic E-state index is -0.916. The van der Waals surface area contributed by atoms with Gasteiger partial charge >= 0.3 is 5.97 Å². The number of nitrogens with zero attached hydrogens (tertiary/aromatic N) is 1. The van der Waals surface area contributed by atoms with Gasteiger partial charge in [-0.2, -0.15) is 11.8 Å². The molecule has 0 unspecified atom stereocenters. The summed E-state index contributed by atoms with van der Waals surface area (Å²) >= 11 is 7.99. The number of rotatable bonds is 10. The molecule has 160 valence electrons. The van der Waals surface area contributed by atoms with E-state index in [0.29, 0.717) is 17.4 Å². The highest BCUT2D eigenvalue weighted by atomic mass is 35.5. The van der Waals surface area contributed by atoms with Gasteiger partial charge in [0.1, 0.15) is 12.4 Å². The monoisotopic (exact) mass is 445 g/mol. The van der Waals surface area contributed by atoms with Gasteiger partial charge in [0.05, 0.1) is 16.5 Å². The lowest BCUT2D eigenvalue weighted by Crippen LogP contribution is -2.32. The van der Waals surface area contributed by atoms with Crippen LogP contribution in [0.25, 0.3) is 0 Å². The van der Waals surface area contributed by atoms with Crippen LogP contribution in [0.5, 0.6) is 5.75 Å². The van der Waals surface area contributed by atoms with Gasteiger partial charge in [-0.15, -0.1) is 6.58 Å². The van der Waals surface area contributed by atoms with Crippen LogP contribution in [-0.4, -0.2) is 41.8 Å². The number of fused-ring (bicyclic) bond motifs is 1. The van der Waals surface area contributed by atoms with E-state index in [2.05, 4.69) is 17.5 Å². The highest BCUT2D eigenvalue weighted by molar-refractivity contribution is 7.99. The summed E-state index contributed by atoms with van der Waals surface area (Å²) in [5, 5.41) is 10.5. The first-order valence-electron chi connectivity index (χ1n) is 10.3. The number of halogens is 1. The molecule has 0 bridgehead atoms. The fourth-order valence-corrected chi connectivity index (χ4v) is 4.89. The first-order chi connectivity index (χ1) is 14.6. The van der Waals surface area contributed by atoms with Crippen molar-refractivity contribution in [1.82, 2.24) is 0 Å². The van der Waals surface area contributed by atoms with E-state index in [1.54, 1.807) is 18.2 Å². The van der Waals surface area contributed by atoms with Crippen LogP contribution in [0.3, 0.4) is 0 Å². The summed E-state index contributed by atoms with van der Waals surface area (Å²) in [5.41, 5.74) is 2.41. The van der Waals surface area contributed by atoms with Crippen LogP contribution in [0.1, 0.15) is 35.2 Å². The van der Waals surface area contributed by atoms with Crippen molar-refractivity contribution in [2.75, 3.05) is 30.3 Å². The Morgan fingerprint density at radius 1 is 1.30 bits per heavy atom. The number of anilines is 1.